The maximum Gasteiger partial charge on any atom is 0.331 e. The molecule has 6 heteroatoms. The average Bonchev–Trinajstić information content (AvgIpc) is 2.03. The van der Waals surface area contributed by atoms with Gasteiger partial charge in [0.1, 0.15) is 6.61 Å². The van der Waals surface area contributed by atoms with Gasteiger partial charge in [0.25, 0.3) is 0 Å². The lowest BCUT2D eigenvalue weighted by molar-refractivity contribution is -0.145. The molecule has 12 heavy (non-hydrogen) atoms. The first-order valence-corrected chi connectivity index (χ1v) is 5.87. The van der Waals surface area contributed by atoms with Crippen molar-refractivity contribution in [2.45, 2.75) is 0 Å². The Bertz CT molecular complexity index is 189. The van der Waals surface area contributed by atoms with E-state index in [0.717, 1.165) is 6.07 Å². The smallest absolute Gasteiger partial charge is 0.331 e. The topological polar surface area (TPSA) is 35.5 Å². The van der Waals surface area contributed by atoms with Crippen LogP contribution in [-0.2, 0) is 14.3 Å². The van der Waals surface area contributed by atoms with Crippen LogP contribution in [0.4, 0.5) is 0 Å². The van der Waals surface area contributed by atoms with E-state index >= 15 is 0 Å². The van der Waals surface area contributed by atoms with Crippen molar-refractivity contribution >= 4 is 67.1 Å². The van der Waals surface area contributed by atoms with Gasteiger partial charge in [-0.25, -0.2) is 4.79 Å². The summed E-state index contributed by atoms with van der Waals surface area (Å²) in [6.07, 6.45) is 0. The molecule has 70 valence electrons. The van der Waals surface area contributed by atoms with Crippen molar-refractivity contribution in [1.82, 2.24) is 0 Å². The third kappa shape index (κ3) is 6.61. The Balaban J connectivity index is 3.58. The van der Waals surface area contributed by atoms with Crippen LogP contribution in [0.2, 0.25) is 0 Å². The summed E-state index contributed by atoms with van der Waals surface area (Å²) in [6.45, 7) is 0.430. The van der Waals surface area contributed by atoms with Crippen LogP contribution in [0.25, 0.3) is 0 Å². The molecule has 0 amide bonds. The van der Waals surface area contributed by atoms with Gasteiger partial charge in [0.05, 0.1) is 16.2 Å². The van der Waals surface area contributed by atoms with E-state index in [4.69, 9.17) is 4.74 Å². The van der Waals surface area contributed by atoms with E-state index < -0.39 is 0 Å². The number of ether oxygens (including phenoxy) is 2. The molecule has 0 spiro atoms. The van der Waals surface area contributed by atoms with Crippen molar-refractivity contribution in [3.05, 3.63) is 6.07 Å². The van der Waals surface area contributed by atoms with E-state index in [1.54, 1.807) is 0 Å². The number of carbonyl (C=O) groups is 1. The van der Waals surface area contributed by atoms with Gasteiger partial charge in [-0.1, -0.05) is 0 Å². The zero-order valence-electron chi connectivity index (χ0n) is 6.27. The summed E-state index contributed by atoms with van der Waals surface area (Å²) in [5.41, 5.74) is 0. The molecule has 0 saturated heterocycles. The second kappa shape index (κ2) is 7.51. The maximum absolute atomic E-state index is 10.6. The molecular formula is C6H7BrI2O3. The number of hydrogen-bond donors (Lipinski definition) is 0. The highest BCUT2D eigenvalue weighted by Crippen LogP contribution is 2.24. The standard InChI is InChI=1S/C6H7BrI2O3/c1-11-5(10)3-12-2-4(8)6(7)9/h2-3H2,1H3/b6-4+. The third-order valence-corrected chi connectivity index (χ3v) is 4.64. The van der Waals surface area contributed by atoms with Crippen LogP contribution >= 0.6 is 61.1 Å². The number of hydrogen-bond acceptors (Lipinski definition) is 3. The minimum absolute atomic E-state index is 0.0000778. The molecule has 0 N–H and O–H groups in total. The lowest BCUT2D eigenvalue weighted by atomic mass is 10.6. The van der Waals surface area contributed by atoms with Gasteiger partial charge < -0.3 is 9.47 Å². The van der Waals surface area contributed by atoms with Crippen LogP contribution in [0.15, 0.2) is 6.07 Å². The Kier molecular flexibility index (Phi) is 8.20. The second-order valence-corrected chi connectivity index (χ2v) is 6.39. The molecule has 0 fully saturated rings. The third-order valence-electron chi connectivity index (χ3n) is 0.881. The zero-order chi connectivity index (χ0) is 9.56. The first kappa shape index (κ1) is 13.1. The molecular weight excluding hydrogens is 454 g/mol. The van der Waals surface area contributed by atoms with Crippen LogP contribution < -0.4 is 0 Å². The molecule has 0 aromatic rings. The van der Waals surface area contributed by atoms with Gasteiger partial charge in [0.15, 0.2) is 0 Å². The Morgan fingerprint density at radius 1 is 1.42 bits per heavy atom. The molecule has 0 aliphatic heterocycles. The monoisotopic (exact) mass is 460 g/mol. The molecule has 0 aliphatic carbocycles. The molecule has 0 aromatic heterocycles. The molecule has 0 radical (unpaired) electrons. The molecule has 0 saturated carbocycles. The fourth-order valence-corrected chi connectivity index (χ4v) is 0.828. The van der Waals surface area contributed by atoms with E-state index in [2.05, 4.69) is 65.8 Å². The van der Waals surface area contributed by atoms with E-state index in [1.807, 2.05) is 0 Å². The van der Waals surface area contributed by atoms with Crippen LogP contribution in [0.5, 0.6) is 0 Å². The Morgan fingerprint density at radius 2 is 2.00 bits per heavy atom. The first-order chi connectivity index (χ1) is 5.57. The van der Waals surface area contributed by atoms with Crippen molar-refractivity contribution in [1.29, 1.82) is 0 Å². The average molecular weight is 461 g/mol. The largest absolute Gasteiger partial charge is 0.467 e. The van der Waals surface area contributed by atoms with Crippen LogP contribution in [-0.4, -0.2) is 26.3 Å². The first-order valence-electron chi connectivity index (χ1n) is 2.92. The fourth-order valence-electron chi connectivity index (χ4n) is 0.337. The number of esters is 1. The molecule has 0 rings (SSSR count). The second-order valence-electron chi connectivity index (χ2n) is 1.73. The van der Waals surface area contributed by atoms with E-state index in [-0.39, 0.29) is 12.6 Å². The summed E-state index contributed by atoms with van der Waals surface area (Å²) in [6, 6.07) is 0. The Morgan fingerprint density at radius 3 is 2.42 bits per heavy atom. The number of halogens is 3. The lowest BCUT2D eigenvalue weighted by Gasteiger charge is -2.01. The molecule has 0 aromatic carbocycles. The van der Waals surface area contributed by atoms with Gasteiger partial charge in [-0.3, -0.25) is 0 Å². The predicted molar refractivity (Wildman–Crippen MR) is 66.8 cm³/mol. The van der Waals surface area contributed by atoms with Crippen LogP contribution in [0.3, 0.4) is 0 Å². The number of methoxy groups -OCH3 is 1. The summed E-state index contributed by atoms with van der Waals surface area (Å²) < 4.78 is 11.4. The number of carbonyl (C=O) groups excluding carboxylic acids is 1. The summed E-state index contributed by atoms with van der Waals surface area (Å²) >= 11 is 7.55. The van der Waals surface area contributed by atoms with Crippen molar-refractivity contribution in [2.75, 3.05) is 20.3 Å². The lowest BCUT2D eigenvalue weighted by Crippen LogP contribution is -2.10. The number of rotatable bonds is 4. The minimum atomic E-state index is -0.358. The zero-order valence-corrected chi connectivity index (χ0v) is 12.2. The van der Waals surface area contributed by atoms with Crippen molar-refractivity contribution < 1.29 is 14.3 Å². The normalized spacial score (nSPS) is 12.3. The SMILES string of the molecule is COC(=O)COC/C(I)=C(/Br)I. The maximum atomic E-state index is 10.6. The van der Waals surface area contributed by atoms with Gasteiger partial charge in [0, 0.05) is 3.58 Å². The van der Waals surface area contributed by atoms with Gasteiger partial charge in [-0.15, -0.1) is 0 Å². The predicted octanol–water partition coefficient (Wildman–Crippen LogP) is 2.61. The highest BCUT2D eigenvalue weighted by atomic mass is 127. The fraction of sp³-hybridized carbons (Fsp3) is 0.500. The quantitative estimate of drug-likeness (QED) is 0.478. The van der Waals surface area contributed by atoms with Crippen LogP contribution in [0.1, 0.15) is 0 Å². The summed E-state index contributed by atoms with van der Waals surface area (Å²) in [5, 5.41) is 0. The molecule has 0 unspecified atom stereocenters. The Hall–Kier alpha value is 1.11. The highest BCUT2D eigenvalue weighted by Gasteiger charge is 2.01. The van der Waals surface area contributed by atoms with Gasteiger partial charge in [-0.05, 0) is 61.1 Å². The highest BCUT2D eigenvalue weighted by molar-refractivity contribution is 14.1. The summed E-state index contributed by atoms with van der Waals surface area (Å²) in [4.78, 5) is 10.6. The molecule has 0 heterocycles. The molecule has 3 nitrogen and oxygen atoms in total. The summed E-state index contributed by atoms with van der Waals surface area (Å²) in [7, 11) is 1.33. The molecule has 0 atom stereocenters. The summed E-state index contributed by atoms with van der Waals surface area (Å²) in [5.74, 6) is -0.358. The van der Waals surface area contributed by atoms with Gasteiger partial charge >= 0.3 is 5.97 Å². The molecule has 0 bridgehead atoms. The van der Waals surface area contributed by atoms with E-state index in [9.17, 15) is 4.79 Å². The van der Waals surface area contributed by atoms with E-state index in [1.165, 1.54) is 7.11 Å². The minimum Gasteiger partial charge on any atom is -0.467 e. The Labute approximate surface area is 107 Å². The molecule has 0 aliphatic rings. The van der Waals surface area contributed by atoms with Gasteiger partial charge in [0.2, 0.25) is 0 Å². The van der Waals surface area contributed by atoms with Crippen molar-refractivity contribution in [3.63, 3.8) is 0 Å². The van der Waals surface area contributed by atoms with Gasteiger partial charge in [-0.2, -0.15) is 0 Å². The van der Waals surface area contributed by atoms with Crippen molar-refractivity contribution in [2.24, 2.45) is 0 Å². The van der Waals surface area contributed by atoms with Crippen LogP contribution in [0, 0.1) is 0 Å². The van der Waals surface area contributed by atoms with Crippen molar-refractivity contribution in [3.8, 4) is 0 Å². The van der Waals surface area contributed by atoms with E-state index in [0.29, 0.717) is 6.61 Å².